The van der Waals surface area contributed by atoms with Gasteiger partial charge in [-0.15, -0.1) is 0 Å². The van der Waals surface area contributed by atoms with E-state index >= 15 is 0 Å². The van der Waals surface area contributed by atoms with Crippen LogP contribution < -0.4 is 11.1 Å². The highest BCUT2D eigenvalue weighted by atomic mass is 79.9. The van der Waals surface area contributed by atoms with Gasteiger partial charge in [-0.1, -0.05) is 19.1 Å². The van der Waals surface area contributed by atoms with Crippen LogP contribution in [0.2, 0.25) is 0 Å². The van der Waals surface area contributed by atoms with Crippen LogP contribution in [0, 0.1) is 11.7 Å². The minimum Gasteiger partial charge on any atom is -0.389 e. The molecule has 0 bridgehead atoms. The van der Waals surface area contributed by atoms with Crippen LogP contribution >= 0.6 is 28.1 Å². The summed E-state index contributed by atoms with van der Waals surface area (Å²) in [6.45, 7) is 4.23. The van der Waals surface area contributed by atoms with E-state index in [0.29, 0.717) is 21.6 Å². The van der Waals surface area contributed by atoms with Crippen LogP contribution in [0.3, 0.4) is 0 Å². The second-order valence-corrected chi connectivity index (χ2v) is 6.66. The van der Waals surface area contributed by atoms with Crippen molar-refractivity contribution in [2.24, 2.45) is 11.7 Å². The number of hydrogen-bond donors (Lipinski definition) is 2. The standard InChI is InChI=1S/C14H19BrFN3S/c1-8-7-19(2)6-5-10(8)18-11-4-3-9(14(17)20)12(15)13(11)16/h3-4,8,10,18H,5-7H2,1-2H3,(H2,17,20). The summed E-state index contributed by atoms with van der Waals surface area (Å²) in [6.07, 6.45) is 1.01. The molecule has 2 unspecified atom stereocenters. The monoisotopic (exact) mass is 359 g/mol. The van der Waals surface area contributed by atoms with Crippen molar-refractivity contribution in [2.45, 2.75) is 19.4 Å². The fraction of sp³-hybridized carbons (Fsp3) is 0.500. The number of thiocarbonyl (C=S) groups is 1. The molecule has 2 rings (SSSR count). The fourth-order valence-electron chi connectivity index (χ4n) is 2.62. The highest BCUT2D eigenvalue weighted by molar-refractivity contribution is 9.10. The Morgan fingerprint density at radius 3 is 2.85 bits per heavy atom. The van der Waals surface area contributed by atoms with Crippen LogP contribution in [0.15, 0.2) is 16.6 Å². The quantitative estimate of drug-likeness (QED) is 0.814. The summed E-state index contributed by atoms with van der Waals surface area (Å²) >= 11 is 8.13. The van der Waals surface area contributed by atoms with Crippen molar-refractivity contribution in [1.82, 2.24) is 4.90 Å². The molecule has 0 aliphatic carbocycles. The summed E-state index contributed by atoms with van der Waals surface area (Å²) in [5.74, 6) is 0.142. The van der Waals surface area contributed by atoms with Crippen LogP contribution in [0.1, 0.15) is 18.9 Å². The summed E-state index contributed by atoms with van der Waals surface area (Å²) in [6, 6.07) is 3.74. The van der Waals surface area contributed by atoms with E-state index < -0.39 is 0 Å². The van der Waals surface area contributed by atoms with Gasteiger partial charge in [0.2, 0.25) is 0 Å². The Balaban J connectivity index is 2.18. The first-order chi connectivity index (χ1) is 9.40. The number of hydrogen-bond acceptors (Lipinski definition) is 3. The summed E-state index contributed by atoms with van der Waals surface area (Å²) in [4.78, 5) is 2.49. The normalized spacial score (nSPS) is 23.6. The molecule has 6 heteroatoms. The maximum atomic E-state index is 14.3. The van der Waals surface area contributed by atoms with Crippen molar-refractivity contribution in [3.8, 4) is 0 Å². The Labute approximate surface area is 132 Å². The molecule has 1 heterocycles. The predicted molar refractivity (Wildman–Crippen MR) is 88.7 cm³/mol. The molecule has 0 spiro atoms. The zero-order chi connectivity index (χ0) is 14.9. The third kappa shape index (κ3) is 3.30. The molecule has 3 nitrogen and oxygen atoms in total. The molecule has 1 aromatic rings. The molecule has 1 aromatic carbocycles. The highest BCUT2D eigenvalue weighted by Crippen LogP contribution is 2.29. The van der Waals surface area contributed by atoms with Crippen LogP contribution in [-0.2, 0) is 0 Å². The Bertz CT molecular complexity index is 523. The molecule has 0 saturated carbocycles. The Morgan fingerprint density at radius 1 is 1.55 bits per heavy atom. The second-order valence-electron chi connectivity index (χ2n) is 5.43. The average Bonchev–Trinajstić information content (AvgIpc) is 2.37. The summed E-state index contributed by atoms with van der Waals surface area (Å²) < 4.78 is 14.7. The van der Waals surface area contributed by atoms with Gasteiger partial charge >= 0.3 is 0 Å². The molecule has 1 aliphatic rings. The van der Waals surface area contributed by atoms with Gasteiger partial charge in [0, 0.05) is 18.2 Å². The number of nitrogens with one attached hydrogen (secondary N) is 1. The Kier molecular flexibility index (Phi) is 4.99. The number of nitrogens with two attached hydrogens (primary N) is 1. The maximum Gasteiger partial charge on any atom is 0.161 e. The molecule has 2 atom stereocenters. The van der Waals surface area contributed by atoms with E-state index in [1.54, 1.807) is 12.1 Å². The number of halogens is 2. The minimum atomic E-state index is -0.332. The van der Waals surface area contributed by atoms with Gasteiger partial charge in [0.15, 0.2) is 5.82 Å². The summed E-state index contributed by atoms with van der Waals surface area (Å²) in [7, 11) is 2.11. The van der Waals surface area contributed by atoms with Crippen molar-refractivity contribution < 1.29 is 4.39 Å². The van der Waals surface area contributed by atoms with E-state index in [9.17, 15) is 4.39 Å². The van der Waals surface area contributed by atoms with E-state index in [4.69, 9.17) is 18.0 Å². The molecule has 110 valence electrons. The second kappa shape index (κ2) is 6.37. The van der Waals surface area contributed by atoms with Gasteiger partial charge < -0.3 is 16.0 Å². The van der Waals surface area contributed by atoms with Crippen molar-refractivity contribution >= 4 is 38.8 Å². The average molecular weight is 360 g/mol. The molecular formula is C14H19BrFN3S. The molecule has 3 N–H and O–H groups in total. The van der Waals surface area contributed by atoms with Gasteiger partial charge in [-0.25, -0.2) is 4.39 Å². The number of piperidine rings is 1. The lowest BCUT2D eigenvalue weighted by Gasteiger charge is -2.35. The van der Waals surface area contributed by atoms with Gasteiger partial charge in [0.25, 0.3) is 0 Å². The first kappa shape index (κ1) is 15.7. The lowest BCUT2D eigenvalue weighted by molar-refractivity contribution is 0.206. The Morgan fingerprint density at radius 2 is 2.25 bits per heavy atom. The molecule has 0 radical (unpaired) electrons. The molecule has 1 aliphatic heterocycles. The lowest BCUT2D eigenvalue weighted by atomic mass is 9.94. The van der Waals surface area contributed by atoms with E-state index in [2.05, 4.69) is 40.1 Å². The third-order valence-corrected chi connectivity index (χ3v) is 4.79. The summed E-state index contributed by atoms with van der Waals surface area (Å²) in [5.41, 5.74) is 6.59. The first-order valence-electron chi connectivity index (χ1n) is 6.63. The van der Waals surface area contributed by atoms with E-state index in [1.807, 2.05) is 0 Å². The molecule has 0 amide bonds. The van der Waals surface area contributed by atoms with E-state index in [1.165, 1.54) is 0 Å². The molecule has 1 fully saturated rings. The van der Waals surface area contributed by atoms with Crippen molar-refractivity contribution in [3.63, 3.8) is 0 Å². The van der Waals surface area contributed by atoms with Crippen LogP contribution in [0.4, 0.5) is 10.1 Å². The van der Waals surface area contributed by atoms with Gasteiger partial charge in [0.05, 0.1) is 10.2 Å². The number of nitrogens with zero attached hydrogens (tertiary/aromatic N) is 1. The topological polar surface area (TPSA) is 41.3 Å². The number of anilines is 1. The van der Waals surface area contributed by atoms with Gasteiger partial charge in [-0.05, 0) is 54.0 Å². The van der Waals surface area contributed by atoms with E-state index in [0.717, 1.165) is 19.5 Å². The minimum absolute atomic E-state index is 0.190. The highest BCUT2D eigenvalue weighted by Gasteiger charge is 2.25. The predicted octanol–water partition coefficient (Wildman–Crippen LogP) is 2.97. The summed E-state index contributed by atoms with van der Waals surface area (Å²) in [5, 5.41) is 3.31. The first-order valence-corrected chi connectivity index (χ1v) is 7.83. The number of likely N-dealkylation sites (tertiary alicyclic amines) is 1. The van der Waals surface area contributed by atoms with Crippen molar-refractivity contribution in [3.05, 3.63) is 28.0 Å². The molecule has 1 saturated heterocycles. The van der Waals surface area contributed by atoms with Crippen LogP contribution in [-0.4, -0.2) is 36.1 Å². The third-order valence-electron chi connectivity index (χ3n) is 3.80. The van der Waals surface area contributed by atoms with Gasteiger partial charge in [-0.3, -0.25) is 0 Å². The largest absolute Gasteiger partial charge is 0.389 e. The van der Waals surface area contributed by atoms with Crippen LogP contribution in [0.25, 0.3) is 0 Å². The molecule has 0 aromatic heterocycles. The van der Waals surface area contributed by atoms with Gasteiger partial charge in [0.1, 0.15) is 4.99 Å². The zero-order valence-electron chi connectivity index (χ0n) is 11.6. The van der Waals surface area contributed by atoms with Crippen molar-refractivity contribution in [2.75, 3.05) is 25.5 Å². The van der Waals surface area contributed by atoms with Crippen LogP contribution in [0.5, 0.6) is 0 Å². The maximum absolute atomic E-state index is 14.3. The van der Waals surface area contributed by atoms with Gasteiger partial charge in [-0.2, -0.15) is 0 Å². The molecule has 20 heavy (non-hydrogen) atoms. The zero-order valence-corrected chi connectivity index (χ0v) is 14.0. The fourth-order valence-corrected chi connectivity index (χ4v) is 3.48. The Hall–Kier alpha value is -0.720. The van der Waals surface area contributed by atoms with Crippen molar-refractivity contribution in [1.29, 1.82) is 0 Å². The molecular weight excluding hydrogens is 341 g/mol. The number of benzene rings is 1. The number of rotatable bonds is 3. The van der Waals surface area contributed by atoms with E-state index in [-0.39, 0.29) is 16.8 Å². The smallest absolute Gasteiger partial charge is 0.161 e. The SMILES string of the molecule is CC1CN(C)CCC1Nc1ccc(C(N)=S)c(Br)c1F. The lowest BCUT2D eigenvalue weighted by Crippen LogP contribution is -2.43.